The van der Waals surface area contributed by atoms with Gasteiger partial charge in [0.05, 0.1) is 0 Å². The molecule has 16 heavy (non-hydrogen) atoms. The molecular weight excluding hydrogens is 202 g/mol. The van der Waals surface area contributed by atoms with Gasteiger partial charge in [0.25, 0.3) is 0 Å². The van der Waals surface area contributed by atoms with Crippen LogP contribution in [-0.2, 0) is 0 Å². The molecule has 96 valence electrons. The molecule has 0 heterocycles. The average molecular weight is 229 g/mol. The van der Waals surface area contributed by atoms with E-state index >= 15 is 0 Å². The van der Waals surface area contributed by atoms with Crippen LogP contribution in [0.15, 0.2) is 4.99 Å². The van der Waals surface area contributed by atoms with Crippen molar-refractivity contribution >= 4 is 5.96 Å². The Morgan fingerprint density at radius 1 is 1.12 bits per heavy atom. The van der Waals surface area contributed by atoms with E-state index < -0.39 is 0 Å². The Kier molecular flexibility index (Phi) is 9.00. The molecule has 0 bridgehead atoms. The Hall–Kier alpha value is -0.770. The fourth-order valence-corrected chi connectivity index (χ4v) is 1.29. The van der Waals surface area contributed by atoms with E-state index in [9.17, 15) is 0 Å². The normalized spacial score (nSPS) is 12.3. The highest BCUT2D eigenvalue weighted by atomic mass is 16.2. The molecule has 0 saturated heterocycles. The monoisotopic (exact) mass is 229 g/mol. The van der Waals surface area contributed by atoms with Gasteiger partial charge in [0.2, 0.25) is 0 Å². The summed E-state index contributed by atoms with van der Waals surface area (Å²) in [6.07, 6.45) is 3.01. The summed E-state index contributed by atoms with van der Waals surface area (Å²) in [5, 5.41) is 15.2. The topological polar surface area (TPSA) is 56.7 Å². The maximum absolute atomic E-state index is 8.66. The SMILES string of the molecule is CC(C)N=C(NCCCCCO)NC(C)C. The van der Waals surface area contributed by atoms with Crippen LogP contribution in [0.4, 0.5) is 0 Å². The van der Waals surface area contributed by atoms with Crippen molar-refractivity contribution in [1.82, 2.24) is 10.6 Å². The lowest BCUT2D eigenvalue weighted by Crippen LogP contribution is -2.42. The summed E-state index contributed by atoms with van der Waals surface area (Å²) in [6, 6.07) is 0.689. The van der Waals surface area contributed by atoms with E-state index in [4.69, 9.17) is 5.11 Å². The highest BCUT2D eigenvalue weighted by Gasteiger charge is 2.01. The molecule has 0 aliphatic heterocycles. The summed E-state index contributed by atoms with van der Waals surface area (Å²) in [6.45, 7) is 9.53. The zero-order chi connectivity index (χ0) is 12.4. The number of rotatable bonds is 7. The minimum Gasteiger partial charge on any atom is -0.396 e. The molecule has 3 N–H and O–H groups in total. The van der Waals surface area contributed by atoms with Gasteiger partial charge in [-0.2, -0.15) is 0 Å². The minimum atomic E-state index is 0.289. The Bertz CT molecular complexity index is 191. The van der Waals surface area contributed by atoms with Crippen LogP contribution in [0.3, 0.4) is 0 Å². The van der Waals surface area contributed by atoms with Crippen LogP contribution in [0.1, 0.15) is 47.0 Å². The molecule has 0 saturated carbocycles. The first-order valence-electron chi connectivity index (χ1n) is 6.25. The van der Waals surface area contributed by atoms with Gasteiger partial charge in [0.15, 0.2) is 5.96 Å². The number of hydrogen-bond donors (Lipinski definition) is 3. The molecule has 0 aliphatic carbocycles. The third-order valence-corrected chi connectivity index (χ3v) is 1.94. The van der Waals surface area contributed by atoms with Crippen LogP contribution in [0, 0.1) is 0 Å². The van der Waals surface area contributed by atoms with Crippen molar-refractivity contribution < 1.29 is 5.11 Å². The number of hydrogen-bond acceptors (Lipinski definition) is 2. The van der Waals surface area contributed by atoms with Crippen LogP contribution in [0.2, 0.25) is 0 Å². The minimum absolute atomic E-state index is 0.289. The molecule has 0 atom stereocenters. The smallest absolute Gasteiger partial charge is 0.191 e. The van der Waals surface area contributed by atoms with Crippen LogP contribution in [-0.4, -0.2) is 36.3 Å². The average Bonchev–Trinajstić information content (AvgIpc) is 2.15. The molecule has 0 radical (unpaired) electrons. The zero-order valence-electron chi connectivity index (χ0n) is 11.1. The summed E-state index contributed by atoms with van der Waals surface area (Å²) < 4.78 is 0. The summed E-state index contributed by atoms with van der Waals surface area (Å²) in [7, 11) is 0. The number of aliphatic imine (C=N–C) groups is 1. The third kappa shape index (κ3) is 9.77. The van der Waals surface area contributed by atoms with E-state index in [0.29, 0.717) is 12.1 Å². The lowest BCUT2D eigenvalue weighted by molar-refractivity contribution is 0.283. The molecule has 0 aliphatic rings. The molecular formula is C12H27N3O. The molecule has 4 heteroatoms. The lowest BCUT2D eigenvalue weighted by atomic mass is 10.2. The first-order chi connectivity index (χ1) is 7.56. The highest BCUT2D eigenvalue weighted by Crippen LogP contribution is 1.93. The number of nitrogens with zero attached hydrogens (tertiary/aromatic N) is 1. The number of unbranched alkanes of at least 4 members (excludes halogenated alkanes) is 2. The predicted molar refractivity (Wildman–Crippen MR) is 69.8 cm³/mol. The van der Waals surface area contributed by atoms with Gasteiger partial charge >= 0.3 is 0 Å². The van der Waals surface area contributed by atoms with Crippen LogP contribution >= 0.6 is 0 Å². The van der Waals surface area contributed by atoms with E-state index in [2.05, 4.69) is 43.3 Å². The van der Waals surface area contributed by atoms with Crippen LogP contribution < -0.4 is 10.6 Å². The van der Waals surface area contributed by atoms with Crippen molar-refractivity contribution in [2.24, 2.45) is 4.99 Å². The summed E-state index contributed by atoms with van der Waals surface area (Å²) >= 11 is 0. The molecule has 0 unspecified atom stereocenters. The first kappa shape index (κ1) is 15.2. The number of nitrogens with one attached hydrogen (secondary N) is 2. The van der Waals surface area contributed by atoms with Crippen LogP contribution in [0.25, 0.3) is 0 Å². The van der Waals surface area contributed by atoms with Crippen molar-refractivity contribution in [3.63, 3.8) is 0 Å². The molecule has 0 amide bonds. The standard InChI is InChI=1S/C12H27N3O/c1-10(2)14-12(15-11(3)4)13-8-6-5-7-9-16/h10-11,16H,5-9H2,1-4H3,(H2,13,14,15). The van der Waals surface area contributed by atoms with Crippen molar-refractivity contribution in [3.8, 4) is 0 Å². The van der Waals surface area contributed by atoms with Gasteiger partial charge in [-0.1, -0.05) is 0 Å². The van der Waals surface area contributed by atoms with E-state index in [0.717, 1.165) is 31.8 Å². The summed E-state index contributed by atoms with van der Waals surface area (Å²) in [5.74, 6) is 0.883. The van der Waals surface area contributed by atoms with E-state index in [-0.39, 0.29) is 6.61 Å². The maximum atomic E-state index is 8.66. The molecule has 0 rings (SSSR count). The first-order valence-corrected chi connectivity index (χ1v) is 6.25. The number of guanidine groups is 1. The van der Waals surface area contributed by atoms with Gasteiger partial charge in [0, 0.05) is 25.2 Å². The Balaban J connectivity index is 3.84. The second-order valence-corrected chi connectivity index (χ2v) is 4.58. The fourth-order valence-electron chi connectivity index (χ4n) is 1.29. The van der Waals surface area contributed by atoms with Crippen molar-refractivity contribution in [1.29, 1.82) is 0 Å². The van der Waals surface area contributed by atoms with Gasteiger partial charge in [-0.3, -0.25) is 4.99 Å². The van der Waals surface area contributed by atoms with E-state index in [1.54, 1.807) is 0 Å². The van der Waals surface area contributed by atoms with Crippen molar-refractivity contribution in [2.75, 3.05) is 13.2 Å². The fraction of sp³-hybridized carbons (Fsp3) is 0.917. The third-order valence-electron chi connectivity index (χ3n) is 1.94. The summed E-state index contributed by atoms with van der Waals surface area (Å²) in [5.41, 5.74) is 0. The van der Waals surface area contributed by atoms with Crippen molar-refractivity contribution in [2.45, 2.75) is 59.0 Å². The molecule has 0 aromatic heterocycles. The Morgan fingerprint density at radius 3 is 2.31 bits per heavy atom. The molecule has 0 spiro atoms. The van der Waals surface area contributed by atoms with Gasteiger partial charge in [-0.15, -0.1) is 0 Å². The number of aliphatic hydroxyl groups is 1. The van der Waals surface area contributed by atoms with Gasteiger partial charge in [0.1, 0.15) is 0 Å². The van der Waals surface area contributed by atoms with E-state index in [1.165, 1.54) is 0 Å². The van der Waals surface area contributed by atoms with Gasteiger partial charge < -0.3 is 15.7 Å². The highest BCUT2D eigenvalue weighted by molar-refractivity contribution is 5.80. The predicted octanol–water partition coefficient (Wildman–Crippen LogP) is 1.50. The van der Waals surface area contributed by atoms with Crippen LogP contribution in [0.5, 0.6) is 0 Å². The van der Waals surface area contributed by atoms with E-state index in [1.807, 2.05) is 0 Å². The lowest BCUT2D eigenvalue weighted by Gasteiger charge is -2.16. The van der Waals surface area contributed by atoms with Crippen molar-refractivity contribution in [3.05, 3.63) is 0 Å². The maximum Gasteiger partial charge on any atom is 0.191 e. The molecule has 0 fully saturated rings. The second kappa shape index (κ2) is 9.46. The van der Waals surface area contributed by atoms with Gasteiger partial charge in [-0.25, -0.2) is 0 Å². The zero-order valence-corrected chi connectivity index (χ0v) is 11.1. The second-order valence-electron chi connectivity index (χ2n) is 4.58. The largest absolute Gasteiger partial charge is 0.396 e. The number of aliphatic hydroxyl groups excluding tert-OH is 1. The summed E-state index contributed by atoms with van der Waals surface area (Å²) in [4.78, 5) is 4.48. The Labute approximate surface area is 99.5 Å². The molecule has 4 nitrogen and oxygen atoms in total. The Morgan fingerprint density at radius 2 is 1.81 bits per heavy atom. The quantitative estimate of drug-likeness (QED) is 0.352. The molecule has 0 aromatic rings. The van der Waals surface area contributed by atoms with Gasteiger partial charge in [-0.05, 0) is 47.0 Å². The molecule has 0 aromatic carbocycles.